The molecule has 1 saturated heterocycles. The first-order valence-corrected chi connectivity index (χ1v) is 10.5. The van der Waals surface area contributed by atoms with Crippen LogP contribution in [0.15, 0.2) is 47.4 Å². The maximum atomic E-state index is 12.7. The molecular formula is C21H20Cl2N2O2S. The minimum absolute atomic E-state index is 0.124. The van der Waals surface area contributed by atoms with E-state index in [1.165, 1.54) is 4.90 Å². The molecule has 1 aliphatic heterocycles. The van der Waals surface area contributed by atoms with E-state index in [9.17, 15) is 9.59 Å². The number of benzene rings is 2. The molecule has 2 amide bonds. The summed E-state index contributed by atoms with van der Waals surface area (Å²) in [6, 6.07) is 13.0. The van der Waals surface area contributed by atoms with Crippen molar-refractivity contribution in [3.8, 4) is 0 Å². The zero-order valence-electron chi connectivity index (χ0n) is 15.6. The smallest absolute Gasteiger partial charge is 0.293 e. The molecule has 0 radical (unpaired) electrons. The van der Waals surface area contributed by atoms with Gasteiger partial charge in [0, 0.05) is 28.8 Å². The summed E-state index contributed by atoms with van der Waals surface area (Å²) in [7, 11) is 0. The van der Waals surface area contributed by atoms with E-state index in [4.69, 9.17) is 23.2 Å². The van der Waals surface area contributed by atoms with Crippen molar-refractivity contribution in [2.45, 2.75) is 20.4 Å². The van der Waals surface area contributed by atoms with E-state index in [-0.39, 0.29) is 17.7 Å². The van der Waals surface area contributed by atoms with Gasteiger partial charge in [-0.3, -0.25) is 14.5 Å². The van der Waals surface area contributed by atoms with E-state index in [0.29, 0.717) is 20.5 Å². The van der Waals surface area contributed by atoms with Crippen LogP contribution >= 0.6 is 35.0 Å². The summed E-state index contributed by atoms with van der Waals surface area (Å²) in [5.41, 5.74) is 2.69. The molecule has 0 saturated carbocycles. The quantitative estimate of drug-likeness (QED) is 0.516. The minimum atomic E-state index is -0.311. The molecule has 0 unspecified atom stereocenters. The Balaban J connectivity index is 1.77. The van der Waals surface area contributed by atoms with E-state index < -0.39 is 0 Å². The summed E-state index contributed by atoms with van der Waals surface area (Å²) >= 11 is 13.0. The second kappa shape index (κ2) is 9.03. The molecule has 0 aromatic heterocycles. The van der Waals surface area contributed by atoms with Gasteiger partial charge in [-0.2, -0.15) is 0 Å². The molecule has 0 aliphatic carbocycles. The molecule has 146 valence electrons. The largest absolute Gasteiger partial charge is 0.372 e. The first kappa shape index (κ1) is 20.8. The van der Waals surface area contributed by atoms with Crippen molar-refractivity contribution in [2.75, 3.05) is 18.0 Å². The molecule has 4 nitrogen and oxygen atoms in total. The molecule has 1 aliphatic rings. The van der Waals surface area contributed by atoms with Gasteiger partial charge >= 0.3 is 0 Å². The number of imide groups is 1. The zero-order valence-corrected chi connectivity index (χ0v) is 17.9. The summed E-state index contributed by atoms with van der Waals surface area (Å²) < 4.78 is 0. The minimum Gasteiger partial charge on any atom is -0.372 e. The molecule has 2 aromatic rings. The lowest BCUT2D eigenvalue weighted by Crippen LogP contribution is -2.27. The number of rotatable bonds is 6. The first-order valence-electron chi connectivity index (χ1n) is 8.97. The second-order valence-electron chi connectivity index (χ2n) is 6.27. The van der Waals surface area contributed by atoms with Crippen molar-refractivity contribution < 1.29 is 9.59 Å². The Morgan fingerprint density at radius 2 is 1.71 bits per heavy atom. The Hall–Kier alpha value is -1.95. The van der Waals surface area contributed by atoms with Crippen molar-refractivity contribution >= 4 is 57.9 Å². The van der Waals surface area contributed by atoms with Gasteiger partial charge in [0.25, 0.3) is 11.1 Å². The lowest BCUT2D eigenvalue weighted by Gasteiger charge is -2.20. The second-order valence-corrected chi connectivity index (χ2v) is 8.10. The van der Waals surface area contributed by atoms with Crippen LogP contribution in [0.2, 0.25) is 10.0 Å². The number of halogens is 2. The SMILES string of the molecule is CCN(CC)c1ccc(/C=C2/SC(=O)N(Cc3ccc(Cl)cc3Cl)C2=O)cc1. The normalized spacial score (nSPS) is 15.6. The fraction of sp³-hybridized carbons (Fsp3) is 0.238. The summed E-state index contributed by atoms with van der Waals surface area (Å²) in [5.74, 6) is -0.311. The van der Waals surface area contributed by atoms with Crippen molar-refractivity contribution in [2.24, 2.45) is 0 Å². The Labute approximate surface area is 179 Å². The highest BCUT2D eigenvalue weighted by atomic mass is 35.5. The van der Waals surface area contributed by atoms with Crippen LogP contribution in [0, 0.1) is 0 Å². The van der Waals surface area contributed by atoms with Crippen LogP contribution < -0.4 is 4.90 Å². The van der Waals surface area contributed by atoms with Gasteiger partial charge in [-0.25, -0.2) is 0 Å². The molecule has 28 heavy (non-hydrogen) atoms. The molecule has 1 fully saturated rings. The summed E-state index contributed by atoms with van der Waals surface area (Å²) in [6.07, 6.45) is 1.75. The molecular weight excluding hydrogens is 415 g/mol. The van der Waals surface area contributed by atoms with Gasteiger partial charge in [0.2, 0.25) is 0 Å². The highest BCUT2D eigenvalue weighted by Crippen LogP contribution is 2.34. The number of anilines is 1. The maximum absolute atomic E-state index is 12.7. The third-order valence-corrected chi connectivity index (χ3v) is 6.03. The molecule has 7 heteroatoms. The predicted molar refractivity (Wildman–Crippen MR) is 118 cm³/mol. The fourth-order valence-corrected chi connectivity index (χ4v) is 4.28. The topological polar surface area (TPSA) is 40.6 Å². The van der Waals surface area contributed by atoms with Crippen LogP contribution in [-0.2, 0) is 11.3 Å². The van der Waals surface area contributed by atoms with Crippen molar-refractivity contribution in [3.05, 3.63) is 68.5 Å². The van der Waals surface area contributed by atoms with Gasteiger partial charge in [-0.15, -0.1) is 0 Å². The van der Waals surface area contributed by atoms with E-state index in [2.05, 4.69) is 18.7 Å². The van der Waals surface area contributed by atoms with Crippen LogP contribution in [0.4, 0.5) is 10.5 Å². The number of nitrogens with zero attached hydrogens (tertiary/aromatic N) is 2. The Bertz CT molecular complexity index is 925. The average Bonchev–Trinajstić information content (AvgIpc) is 2.93. The number of amides is 2. The molecule has 0 bridgehead atoms. The highest BCUT2D eigenvalue weighted by Gasteiger charge is 2.35. The number of hydrogen-bond donors (Lipinski definition) is 0. The number of carbonyl (C=O) groups excluding carboxylic acids is 2. The number of hydrogen-bond acceptors (Lipinski definition) is 4. The van der Waals surface area contributed by atoms with Crippen molar-refractivity contribution in [3.63, 3.8) is 0 Å². The third-order valence-electron chi connectivity index (χ3n) is 4.54. The Kier molecular flexibility index (Phi) is 6.70. The lowest BCUT2D eigenvalue weighted by atomic mass is 10.1. The van der Waals surface area contributed by atoms with E-state index in [1.807, 2.05) is 24.3 Å². The van der Waals surface area contributed by atoms with E-state index >= 15 is 0 Å². The van der Waals surface area contributed by atoms with Gasteiger partial charge in [-0.1, -0.05) is 41.4 Å². The molecule has 2 aromatic carbocycles. The van der Waals surface area contributed by atoms with E-state index in [1.54, 1.807) is 24.3 Å². The van der Waals surface area contributed by atoms with Gasteiger partial charge in [0.05, 0.1) is 11.4 Å². The van der Waals surface area contributed by atoms with Crippen LogP contribution in [0.1, 0.15) is 25.0 Å². The molecule has 3 rings (SSSR count). The summed E-state index contributed by atoms with van der Waals surface area (Å²) in [4.78, 5) is 28.9. The Morgan fingerprint density at radius 3 is 2.32 bits per heavy atom. The van der Waals surface area contributed by atoms with Gasteiger partial charge in [0.15, 0.2) is 0 Å². The fourth-order valence-electron chi connectivity index (χ4n) is 2.98. The lowest BCUT2D eigenvalue weighted by molar-refractivity contribution is -0.123. The van der Waals surface area contributed by atoms with Gasteiger partial charge in [0.1, 0.15) is 0 Å². The third kappa shape index (κ3) is 4.54. The van der Waals surface area contributed by atoms with Crippen LogP contribution in [0.25, 0.3) is 6.08 Å². The van der Waals surface area contributed by atoms with Gasteiger partial charge in [-0.05, 0) is 67.1 Å². The van der Waals surface area contributed by atoms with Crippen LogP contribution in [0.3, 0.4) is 0 Å². The van der Waals surface area contributed by atoms with Crippen LogP contribution in [0.5, 0.6) is 0 Å². The monoisotopic (exact) mass is 434 g/mol. The number of thioether (sulfide) groups is 1. The van der Waals surface area contributed by atoms with Crippen molar-refractivity contribution in [1.82, 2.24) is 4.90 Å². The summed E-state index contributed by atoms with van der Waals surface area (Å²) in [5, 5.41) is 0.639. The first-order chi connectivity index (χ1) is 13.4. The van der Waals surface area contributed by atoms with E-state index in [0.717, 1.165) is 36.1 Å². The summed E-state index contributed by atoms with van der Waals surface area (Å²) in [6.45, 7) is 6.21. The van der Waals surface area contributed by atoms with Gasteiger partial charge < -0.3 is 4.90 Å². The molecule has 0 atom stereocenters. The highest BCUT2D eigenvalue weighted by molar-refractivity contribution is 8.18. The standard InChI is InChI=1S/C21H20Cl2N2O2S/c1-3-24(4-2)17-9-5-14(6-10-17)11-19-20(26)25(21(27)28-19)13-15-7-8-16(22)12-18(15)23/h5-12H,3-4,13H2,1-2H3/b19-11+. The average molecular weight is 435 g/mol. The molecule has 1 heterocycles. The van der Waals surface area contributed by atoms with Crippen LogP contribution in [-0.4, -0.2) is 29.1 Å². The van der Waals surface area contributed by atoms with Crippen molar-refractivity contribution in [1.29, 1.82) is 0 Å². The Morgan fingerprint density at radius 1 is 1.04 bits per heavy atom. The number of carbonyl (C=O) groups is 2. The zero-order chi connectivity index (χ0) is 20.3. The molecule has 0 N–H and O–H groups in total. The maximum Gasteiger partial charge on any atom is 0.293 e. The molecule has 0 spiro atoms. The predicted octanol–water partition coefficient (Wildman–Crippen LogP) is 6.08.